The lowest BCUT2D eigenvalue weighted by atomic mass is 10.2. The molecular weight excluding hydrogens is 260 g/mol. The first kappa shape index (κ1) is 12.4. The van der Waals surface area contributed by atoms with E-state index in [0.717, 1.165) is 7.11 Å². The van der Waals surface area contributed by atoms with Gasteiger partial charge in [-0.25, -0.2) is 13.2 Å². The van der Waals surface area contributed by atoms with E-state index in [0.29, 0.717) is 0 Å². The lowest BCUT2D eigenvalue weighted by Crippen LogP contribution is -2.08. The molecule has 0 amide bonds. The fraction of sp³-hybridized carbons (Fsp3) is 0.125. The molecular formula is C8H7ClO4S2. The summed E-state index contributed by atoms with van der Waals surface area (Å²) in [5.41, 5.74) is -0.125. The van der Waals surface area contributed by atoms with Crippen LogP contribution in [0.15, 0.2) is 23.1 Å². The van der Waals surface area contributed by atoms with Gasteiger partial charge in [-0.15, -0.1) is 0 Å². The fourth-order valence-electron chi connectivity index (χ4n) is 1.04. The lowest BCUT2D eigenvalue weighted by Gasteiger charge is -2.06. The Labute approximate surface area is 96.9 Å². The Hall–Kier alpha value is -0.720. The van der Waals surface area contributed by atoms with Gasteiger partial charge < -0.3 is 4.74 Å². The van der Waals surface area contributed by atoms with Gasteiger partial charge in [0.1, 0.15) is 4.90 Å². The first-order valence-corrected chi connectivity index (χ1v) is 6.63. The van der Waals surface area contributed by atoms with Gasteiger partial charge in [0.25, 0.3) is 0 Å². The van der Waals surface area contributed by atoms with Gasteiger partial charge in [0.15, 0.2) is 0 Å². The summed E-state index contributed by atoms with van der Waals surface area (Å²) in [5, 5.41) is -0.0621. The monoisotopic (exact) mass is 266 g/mol. The second kappa shape index (κ2) is 4.42. The van der Waals surface area contributed by atoms with Crippen LogP contribution in [0.4, 0.5) is 0 Å². The topological polar surface area (TPSA) is 60.4 Å². The molecule has 1 aromatic rings. The number of hydrogen-bond donors (Lipinski definition) is 1. The van der Waals surface area contributed by atoms with Crippen molar-refractivity contribution < 1.29 is 17.9 Å². The van der Waals surface area contributed by atoms with E-state index in [4.69, 9.17) is 11.6 Å². The molecule has 0 aliphatic rings. The van der Waals surface area contributed by atoms with E-state index < -0.39 is 14.8 Å². The molecule has 0 bridgehead atoms. The number of carbonyl (C=O) groups is 1. The van der Waals surface area contributed by atoms with E-state index in [1.54, 1.807) is 0 Å². The first-order chi connectivity index (χ1) is 6.88. The predicted octanol–water partition coefficient (Wildman–Crippen LogP) is 1.75. The van der Waals surface area contributed by atoms with Crippen LogP contribution in [0.25, 0.3) is 0 Å². The summed E-state index contributed by atoms with van der Waals surface area (Å²) in [6.07, 6.45) is 0. The minimum absolute atomic E-state index is 0.0621. The fourth-order valence-corrected chi connectivity index (χ4v) is 3.02. The summed E-state index contributed by atoms with van der Waals surface area (Å²) in [6.45, 7) is 0. The zero-order valence-corrected chi connectivity index (χ0v) is 10.1. The minimum atomic E-state index is -3.86. The van der Waals surface area contributed by atoms with Crippen LogP contribution in [-0.4, -0.2) is 21.5 Å². The number of ether oxygens (including phenoxy) is 1. The molecule has 0 heterocycles. The number of carbonyl (C=O) groups excluding carboxylic acids is 1. The summed E-state index contributed by atoms with van der Waals surface area (Å²) < 4.78 is 27.0. The van der Waals surface area contributed by atoms with Crippen LogP contribution in [0.5, 0.6) is 0 Å². The number of esters is 1. The standard InChI is InChI=1S/C8H7ClO4S2/c1-13-8(10)5-3-2-4-6(9)7(5)15(11,12)14/h2-4H,1H3,(H,11,12,14). The predicted molar refractivity (Wildman–Crippen MR) is 59.0 cm³/mol. The van der Waals surface area contributed by atoms with Crippen molar-refractivity contribution in [2.24, 2.45) is 0 Å². The lowest BCUT2D eigenvalue weighted by molar-refractivity contribution is 0.0596. The Kier molecular flexibility index (Phi) is 3.64. The quantitative estimate of drug-likeness (QED) is 0.503. The SMILES string of the molecule is COC(=O)c1cccc(Cl)c1S(=O)(=O)S. The van der Waals surface area contributed by atoms with Crippen molar-refractivity contribution in [3.8, 4) is 0 Å². The van der Waals surface area contributed by atoms with E-state index in [9.17, 15) is 13.2 Å². The van der Waals surface area contributed by atoms with Gasteiger partial charge in [-0.3, -0.25) is 0 Å². The molecule has 1 aromatic carbocycles. The van der Waals surface area contributed by atoms with Crippen molar-refractivity contribution in [3.05, 3.63) is 28.8 Å². The number of hydrogen-bond acceptors (Lipinski definition) is 4. The second-order valence-corrected chi connectivity index (χ2v) is 5.79. The molecule has 4 nitrogen and oxygen atoms in total. The molecule has 0 fully saturated rings. The second-order valence-electron chi connectivity index (χ2n) is 2.58. The molecule has 15 heavy (non-hydrogen) atoms. The average molecular weight is 267 g/mol. The van der Waals surface area contributed by atoms with E-state index in [2.05, 4.69) is 16.4 Å². The molecule has 0 N–H and O–H groups in total. The zero-order chi connectivity index (χ0) is 11.6. The van der Waals surface area contributed by atoms with Crippen molar-refractivity contribution in [1.82, 2.24) is 0 Å². The van der Waals surface area contributed by atoms with Gasteiger partial charge in [0, 0.05) is 0 Å². The molecule has 0 spiro atoms. The highest BCUT2D eigenvalue weighted by molar-refractivity contribution is 8.63. The zero-order valence-electron chi connectivity index (χ0n) is 7.60. The molecule has 0 saturated heterocycles. The maximum absolute atomic E-state index is 11.3. The van der Waals surface area contributed by atoms with Crippen molar-refractivity contribution in [3.63, 3.8) is 0 Å². The largest absolute Gasteiger partial charge is 0.465 e. The van der Waals surface area contributed by atoms with Crippen LogP contribution in [0.2, 0.25) is 5.02 Å². The molecule has 1 rings (SSSR count). The van der Waals surface area contributed by atoms with Crippen LogP contribution in [0, 0.1) is 0 Å². The van der Waals surface area contributed by atoms with Crippen LogP contribution in [-0.2, 0) is 13.6 Å². The number of halogens is 1. The summed E-state index contributed by atoms with van der Waals surface area (Å²) in [6, 6.07) is 4.12. The molecule has 0 radical (unpaired) electrons. The third-order valence-corrected chi connectivity index (χ3v) is 3.56. The van der Waals surface area contributed by atoms with E-state index in [1.165, 1.54) is 18.2 Å². The van der Waals surface area contributed by atoms with Gasteiger partial charge >= 0.3 is 5.97 Å². The van der Waals surface area contributed by atoms with Gasteiger partial charge in [0.05, 0.1) is 17.7 Å². The Morgan fingerprint density at radius 2 is 2.07 bits per heavy atom. The van der Waals surface area contributed by atoms with E-state index in [1.807, 2.05) is 0 Å². The van der Waals surface area contributed by atoms with Crippen LogP contribution in [0.1, 0.15) is 10.4 Å². The number of methoxy groups -OCH3 is 1. The van der Waals surface area contributed by atoms with Gasteiger partial charge in [-0.2, -0.15) is 0 Å². The molecule has 0 aliphatic heterocycles. The summed E-state index contributed by atoms with van der Waals surface area (Å²) >= 11 is 9.08. The summed E-state index contributed by atoms with van der Waals surface area (Å²) in [7, 11) is -2.71. The third-order valence-electron chi connectivity index (χ3n) is 1.63. The molecule has 7 heteroatoms. The first-order valence-electron chi connectivity index (χ1n) is 3.72. The summed E-state index contributed by atoms with van der Waals surface area (Å²) in [4.78, 5) is 10.9. The molecule has 0 atom stereocenters. The van der Waals surface area contributed by atoms with Crippen LogP contribution < -0.4 is 0 Å². The maximum Gasteiger partial charge on any atom is 0.339 e. The Bertz CT molecular complexity index is 495. The minimum Gasteiger partial charge on any atom is -0.465 e. The van der Waals surface area contributed by atoms with Crippen molar-refractivity contribution in [2.45, 2.75) is 4.90 Å². The summed E-state index contributed by atoms with van der Waals surface area (Å²) in [5.74, 6) is -0.773. The van der Waals surface area contributed by atoms with Gasteiger partial charge in [0.2, 0.25) is 8.87 Å². The van der Waals surface area contributed by atoms with Crippen LogP contribution >= 0.6 is 23.3 Å². The van der Waals surface area contributed by atoms with Gasteiger partial charge in [-0.05, 0) is 23.8 Å². The van der Waals surface area contributed by atoms with Crippen LogP contribution in [0.3, 0.4) is 0 Å². The van der Waals surface area contributed by atoms with Crippen molar-refractivity contribution in [2.75, 3.05) is 7.11 Å². The Morgan fingerprint density at radius 3 is 2.53 bits per heavy atom. The Morgan fingerprint density at radius 1 is 1.47 bits per heavy atom. The molecule has 0 saturated carbocycles. The highest BCUT2D eigenvalue weighted by Gasteiger charge is 2.22. The Balaban J connectivity index is 3.54. The number of thiol groups is 1. The van der Waals surface area contributed by atoms with E-state index >= 15 is 0 Å². The van der Waals surface area contributed by atoms with Crippen molar-refractivity contribution >= 4 is 38.1 Å². The molecule has 0 aromatic heterocycles. The highest BCUT2D eigenvalue weighted by Crippen LogP contribution is 2.28. The maximum atomic E-state index is 11.3. The average Bonchev–Trinajstić information content (AvgIpc) is 2.14. The number of benzene rings is 1. The molecule has 82 valence electrons. The molecule has 0 aliphatic carbocycles. The van der Waals surface area contributed by atoms with E-state index in [-0.39, 0.29) is 15.5 Å². The normalized spacial score (nSPS) is 11.1. The van der Waals surface area contributed by atoms with Gasteiger partial charge in [-0.1, -0.05) is 17.7 Å². The molecule has 0 unspecified atom stereocenters. The number of rotatable bonds is 2. The smallest absolute Gasteiger partial charge is 0.339 e. The van der Waals surface area contributed by atoms with Crippen molar-refractivity contribution in [1.29, 1.82) is 0 Å². The third kappa shape index (κ3) is 2.64. The highest BCUT2D eigenvalue weighted by atomic mass is 35.5.